The summed E-state index contributed by atoms with van der Waals surface area (Å²) in [6.45, 7) is 6.57. The first-order valence-corrected chi connectivity index (χ1v) is 7.62. The maximum absolute atomic E-state index is 9.08. The van der Waals surface area contributed by atoms with E-state index in [1.807, 2.05) is 36.4 Å². The second-order valence-corrected chi connectivity index (χ2v) is 6.59. The number of aliphatic hydroxyl groups is 1. The molecule has 0 radical (unpaired) electrons. The zero-order valence-corrected chi connectivity index (χ0v) is 13.6. The Morgan fingerprint density at radius 1 is 0.826 bits per heavy atom. The molecule has 0 spiro atoms. The second-order valence-electron chi connectivity index (χ2n) is 6.59. The normalized spacial score (nSPS) is 11.7. The number of rotatable bonds is 3. The largest absolute Gasteiger partial charge is 0.416 e. The van der Waals surface area contributed by atoms with E-state index in [1.54, 1.807) is 0 Å². The summed E-state index contributed by atoms with van der Waals surface area (Å²) in [7, 11) is 0. The van der Waals surface area contributed by atoms with E-state index in [9.17, 15) is 0 Å². The standard InChI is InChI=1S/C19H20N2O2/c1-19(2,3)16-10-8-15(9-11-16)18-21-20-17(23-18)14-6-4-13(12-22)5-7-14/h4-11,22H,12H2,1-3H3. The van der Waals surface area contributed by atoms with Crippen molar-refractivity contribution in [2.24, 2.45) is 0 Å². The van der Waals surface area contributed by atoms with Crippen LogP contribution in [0.25, 0.3) is 22.9 Å². The highest BCUT2D eigenvalue weighted by molar-refractivity contribution is 5.58. The van der Waals surface area contributed by atoms with Gasteiger partial charge in [-0.15, -0.1) is 10.2 Å². The molecule has 1 heterocycles. The highest BCUT2D eigenvalue weighted by Crippen LogP contribution is 2.27. The third-order valence-corrected chi connectivity index (χ3v) is 3.81. The van der Waals surface area contributed by atoms with Crippen molar-refractivity contribution in [3.63, 3.8) is 0 Å². The van der Waals surface area contributed by atoms with E-state index >= 15 is 0 Å². The van der Waals surface area contributed by atoms with E-state index < -0.39 is 0 Å². The van der Waals surface area contributed by atoms with Gasteiger partial charge in [0.15, 0.2) is 0 Å². The highest BCUT2D eigenvalue weighted by Gasteiger charge is 2.15. The second kappa shape index (κ2) is 5.97. The van der Waals surface area contributed by atoms with Crippen LogP contribution in [0.1, 0.15) is 31.9 Å². The van der Waals surface area contributed by atoms with Crippen LogP contribution in [0.2, 0.25) is 0 Å². The summed E-state index contributed by atoms with van der Waals surface area (Å²) in [4.78, 5) is 0. The van der Waals surface area contributed by atoms with E-state index in [0.29, 0.717) is 11.8 Å². The van der Waals surface area contributed by atoms with Gasteiger partial charge in [0.05, 0.1) is 6.61 Å². The minimum absolute atomic E-state index is 0.0233. The van der Waals surface area contributed by atoms with Crippen molar-refractivity contribution in [1.82, 2.24) is 10.2 Å². The molecule has 0 saturated carbocycles. The fourth-order valence-electron chi connectivity index (χ4n) is 2.32. The molecular formula is C19H20N2O2. The number of aliphatic hydroxyl groups excluding tert-OH is 1. The Kier molecular flexibility index (Phi) is 4.01. The van der Waals surface area contributed by atoms with Crippen LogP contribution >= 0.6 is 0 Å². The molecule has 1 aromatic heterocycles. The molecule has 4 heteroatoms. The Bertz CT molecular complexity index is 781. The van der Waals surface area contributed by atoms with E-state index in [-0.39, 0.29) is 12.0 Å². The van der Waals surface area contributed by atoms with Gasteiger partial charge in [-0.2, -0.15) is 0 Å². The first-order chi connectivity index (χ1) is 11.0. The molecule has 2 aromatic carbocycles. The van der Waals surface area contributed by atoms with Crippen LogP contribution in [0, 0.1) is 0 Å². The van der Waals surface area contributed by atoms with E-state index in [0.717, 1.165) is 16.7 Å². The molecule has 0 unspecified atom stereocenters. The van der Waals surface area contributed by atoms with Crippen molar-refractivity contribution in [3.05, 3.63) is 59.7 Å². The van der Waals surface area contributed by atoms with Gasteiger partial charge in [0.25, 0.3) is 0 Å². The first-order valence-electron chi connectivity index (χ1n) is 7.62. The lowest BCUT2D eigenvalue weighted by atomic mass is 9.87. The summed E-state index contributed by atoms with van der Waals surface area (Å²) in [6, 6.07) is 15.6. The van der Waals surface area contributed by atoms with Crippen LogP contribution in [0.15, 0.2) is 52.9 Å². The molecule has 3 aromatic rings. The van der Waals surface area contributed by atoms with Crippen molar-refractivity contribution in [2.75, 3.05) is 0 Å². The Hall–Kier alpha value is -2.46. The number of hydrogen-bond acceptors (Lipinski definition) is 4. The Morgan fingerprint density at radius 3 is 1.74 bits per heavy atom. The van der Waals surface area contributed by atoms with Gasteiger partial charge >= 0.3 is 0 Å². The van der Waals surface area contributed by atoms with Gasteiger partial charge in [-0.05, 0) is 40.8 Å². The summed E-state index contributed by atoms with van der Waals surface area (Å²) in [5, 5.41) is 17.3. The van der Waals surface area contributed by atoms with Crippen LogP contribution in [-0.4, -0.2) is 15.3 Å². The van der Waals surface area contributed by atoms with Crippen LogP contribution in [0.5, 0.6) is 0 Å². The lowest BCUT2D eigenvalue weighted by Gasteiger charge is -2.18. The molecule has 0 atom stereocenters. The van der Waals surface area contributed by atoms with Gasteiger partial charge in [-0.3, -0.25) is 0 Å². The smallest absolute Gasteiger partial charge is 0.248 e. The number of aromatic nitrogens is 2. The van der Waals surface area contributed by atoms with Crippen LogP contribution in [0.4, 0.5) is 0 Å². The fourth-order valence-corrected chi connectivity index (χ4v) is 2.32. The van der Waals surface area contributed by atoms with E-state index in [4.69, 9.17) is 9.52 Å². The third-order valence-electron chi connectivity index (χ3n) is 3.81. The van der Waals surface area contributed by atoms with E-state index in [2.05, 4.69) is 43.1 Å². The molecule has 0 saturated heterocycles. The van der Waals surface area contributed by atoms with Crippen molar-refractivity contribution >= 4 is 0 Å². The van der Waals surface area contributed by atoms with Crippen LogP contribution < -0.4 is 0 Å². The van der Waals surface area contributed by atoms with Gasteiger partial charge in [0.2, 0.25) is 11.8 Å². The molecular weight excluding hydrogens is 288 g/mol. The van der Waals surface area contributed by atoms with Gasteiger partial charge in [0, 0.05) is 11.1 Å². The highest BCUT2D eigenvalue weighted by atomic mass is 16.4. The summed E-state index contributed by atoms with van der Waals surface area (Å²) in [6.07, 6.45) is 0. The lowest BCUT2D eigenvalue weighted by Crippen LogP contribution is -2.10. The molecule has 4 nitrogen and oxygen atoms in total. The fraction of sp³-hybridized carbons (Fsp3) is 0.263. The SMILES string of the molecule is CC(C)(C)c1ccc(-c2nnc(-c3ccc(CO)cc3)o2)cc1. The van der Waals surface area contributed by atoms with Gasteiger partial charge < -0.3 is 9.52 Å². The predicted octanol–water partition coefficient (Wildman–Crippen LogP) is 4.19. The molecule has 0 aliphatic rings. The number of hydrogen-bond donors (Lipinski definition) is 1. The Labute approximate surface area is 135 Å². The minimum Gasteiger partial charge on any atom is -0.416 e. The van der Waals surface area contributed by atoms with E-state index in [1.165, 1.54) is 5.56 Å². The summed E-state index contributed by atoms with van der Waals surface area (Å²) < 4.78 is 5.77. The number of benzene rings is 2. The van der Waals surface area contributed by atoms with Crippen LogP contribution in [0.3, 0.4) is 0 Å². The zero-order valence-electron chi connectivity index (χ0n) is 13.6. The molecule has 1 N–H and O–H groups in total. The predicted molar refractivity (Wildman–Crippen MR) is 89.8 cm³/mol. The Morgan fingerprint density at radius 2 is 1.30 bits per heavy atom. The summed E-state index contributed by atoms with van der Waals surface area (Å²) in [5.74, 6) is 0.982. The monoisotopic (exact) mass is 308 g/mol. The maximum Gasteiger partial charge on any atom is 0.248 e. The summed E-state index contributed by atoms with van der Waals surface area (Å²) in [5.41, 5.74) is 3.98. The average molecular weight is 308 g/mol. The van der Waals surface area contributed by atoms with Gasteiger partial charge in [0.1, 0.15) is 0 Å². The molecule has 0 aliphatic heterocycles. The molecule has 0 amide bonds. The molecule has 0 bridgehead atoms. The van der Waals surface area contributed by atoms with Crippen LogP contribution in [-0.2, 0) is 12.0 Å². The topological polar surface area (TPSA) is 59.2 Å². The number of nitrogens with zero attached hydrogens (tertiary/aromatic N) is 2. The Balaban J connectivity index is 1.86. The third kappa shape index (κ3) is 3.32. The molecule has 0 aliphatic carbocycles. The minimum atomic E-state index is 0.0233. The van der Waals surface area contributed by atoms with Gasteiger partial charge in [-0.25, -0.2) is 0 Å². The van der Waals surface area contributed by atoms with Crippen molar-refractivity contribution in [2.45, 2.75) is 32.8 Å². The molecule has 3 rings (SSSR count). The van der Waals surface area contributed by atoms with Crippen molar-refractivity contribution in [3.8, 4) is 22.9 Å². The quantitative estimate of drug-likeness (QED) is 0.788. The summed E-state index contributed by atoms with van der Waals surface area (Å²) >= 11 is 0. The van der Waals surface area contributed by atoms with Crippen molar-refractivity contribution in [1.29, 1.82) is 0 Å². The van der Waals surface area contributed by atoms with Gasteiger partial charge in [-0.1, -0.05) is 45.0 Å². The van der Waals surface area contributed by atoms with Crippen molar-refractivity contribution < 1.29 is 9.52 Å². The molecule has 0 fully saturated rings. The lowest BCUT2D eigenvalue weighted by molar-refractivity contribution is 0.282. The molecule has 23 heavy (non-hydrogen) atoms. The maximum atomic E-state index is 9.08. The average Bonchev–Trinajstić information content (AvgIpc) is 3.04. The zero-order chi connectivity index (χ0) is 16.4. The molecule has 118 valence electrons. The first kappa shape index (κ1) is 15.4.